The average Bonchev–Trinajstić information content (AvgIpc) is 2.65. The number of anilines is 1. The maximum atomic E-state index is 12.2. The summed E-state index contributed by atoms with van der Waals surface area (Å²) in [6, 6.07) is 2.26. The van der Waals surface area contributed by atoms with Gasteiger partial charge < -0.3 is 10.5 Å². The van der Waals surface area contributed by atoms with Crippen molar-refractivity contribution in [2.45, 2.75) is 12.4 Å². The number of nitrogens with two attached hydrogens (primary N) is 1. The number of ether oxygens (including phenoxy) is 1. The number of pyridine rings is 2. The van der Waals surface area contributed by atoms with Crippen LogP contribution in [-0.2, 0) is 17.1 Å². The minimum absolute atomic E-state index is 0.283. The fraction of sp³-hybridized carbons (Fsp3) is 0.200. The Bertz CT molecular complexity index is 1000. The van der Waals surface area contributed by atoms with Crippen LogP contribution in [0.4, 0.5) is 37.7 Å². The number of esters is 1. The van der Waals surface area contributed by atoms with Crippen LogP contribution in [0.5, 0.6) is 0 Å². The first-order chi connectivity index (χ1) is 13.7. The lowest BCUT2D eigenvalue weighted by atomic mass is 10.2. The molecule has 0 atom stereocenters. The van der Waals surface area contributed by atoms with Crippen molar-refractivity contribution >= 4 is 17.3 Å². The Balaban J connectivity index is 0.000000300. The maximum absolute atomic E-state index is 12.2. The molecule has 0 amide bonds. The minimum atomic E-state index is -4.72. The summed E-state index contributed by atoms with van der Waals surface area (Å²) in [6.07, 6.45) is -8.34. The lowest BCUT2D eigenvalue weighted by Crippen LogP contribution is -2.12. The predicted molar refractivity (Wildman–Crippen MR) is 85.6 cm³/mol. The van der Waals surface area contributed by atoms with E-state index in [-0.39, 0.29) is 17.4 Å². The molecule has 2 heterocycles. The van der Waals surface area contributed by atoms with Gasteiger partial charge in [-0.05, 0) is 6.07 Å². The molecule has 30 heavy (non-hydrogen) atoms. The van der Waals surface area contributed by atoms with E-state index in [1.807, 2.05) is 0 Å². The van der Waals surface area contributed by atoms with Gasteiger partial charge >= 0.3 is 24.0 Å². The van der Waals surface area contributed by atoms with Crippen molar-refractivity contribution in [3.63, 3.8) is 0 Å². The third kappa shape index (κ3) is 6.02. The number of nitrogens with zero attached hydrogens (tertiary/aromatic N) is 4. The smallest absolute Gasteiger partial charge is 0.418 e. The van der Waals surface area contributed by atoms with Crippen LogP contribution in [0, 0.1) is 21.4 Å². The molecule has 0 aliphatic heterocycles. The van der Waals surface area contributed by atoms with Crippen molar-refractivity contribution in [1.82, 2.24) is 9.97 Å². The number of carbonyl (C=O) groups is 1. The van der Waals surface area contributed by atoms with E-state index in [4.69, 9.17) is 11.0 Å². The second-order valence-corrected chi connectivity index (χ2v) is 5.11. The zero-order valence-corrected chi connectivity index (χ0v) is 14.6. The number of aromatic nitrogens is 2. The van der Waals surface area contributed by atoms with Crippen molar-refractivity contribution in [2.75, 3.05) is 12.8 Å². The molecule has 0 unspecified atom stereocenters. The Morgan fingerprint density at radius 2 is 1.63 bits per heavy atom. The minimum Gasteiger partial charge on any atom is -0.464 e. The van der Waals surface area contributed by atoms with Crippen molar-refractivity contribution < 1.29 is 40.8 Å². The number of nitrogen functional groups attached to an aromatic ring is 1. The summed E-state index contributed by atoms with van der Waals surface area (Å²) < 4.78 is 77.2. The van der Waals surface area contributed by atoms with Crippen LogP contribution in [0.2, 0.25) is 0 Å². The SMILES string of the molecule is COC(=O)c1ncc(C(F)(F)F)cc1N.N#Cc1ncc(C(F)(F)F)cc1[N+](=O)[O-]. The largest absolute Gasteiger partial charge is 0.464 e. The second-order valence-electron chi connectivity index (χ2n) is 5.11. The molecule has 2 rings (SSSR count). The molecule has 15 heteroatoms. The van der Waals surface area contributed by atoms with Gasteiger partial charge in [0.25, 0.3) is 0 Å². The molecule has 2 aromatic heterocycles. The van der Waals surface area contributed by atoms with E-state index in [1.165, 1.54) is 6.07 Å². The van der Waals surface area contributed by atoms with Gasteiger partial charge in [-0.1, -0.05) is 0 Å². The molecule has 160 valence electrons. The summed E-state index contributed by atoms with van der Waals surface area (Å²) in [5, 5.41) is 18.7. The Morgan fingerprint density at radius 3 is 2.03 bits per heavy atom. The van der Waals surface area contributed by atoms with E-state index in [1.54, 1.807) is 0 Å². The number of hydrogen-bond donors (Lipinski definition) is 1. The molecular weight excluding hydrogens is 428 g/mol. The molecule has 2 aromatic rings. The number of carbonyl (C=O) groups excluding carboxylic acids is 1. The van der Waals surface area contributed by atoms with Crippen LogP contribution in [0.15, 0.2) is 24.5 Å². The monoisotopic (exact) mass is 437 g/mol. The number of rotatable bonds is 2. The van der Waals surface area contributed by atoms with Crippen molar-refractivity contribution in [3.05, 3.63) is 57.2 Å². The summed E-state index contributed by atoms with van der Waals surface area (Å²) in [7, 11) is 1.08. The van der Waals surface area contributed by atoms with Crippen molar-refractivity contribution in [2.24, 2.45) is 0 Å². The topological polar surface area (TPSA) is 145 Å². The average molecular weight is 437 g/mol. The normalized spacial score (nSPS) is 11.0. The third-order valence-electron chi connectivity index (χ3n) is 3.12. The van der Waals surface area contributed by atoms with Crippen molar-refractivity contribution in [1.29, 1.82) is 5.26 Å². The number of nitro groups is 1. The third-order valence-corrected chi connectivity index (χ3v) is 3.12. The summed E-state index contributed by atoms with van der Waals surface area (Å²) in [5.41, 5.74) is 0.679. The van der Waals surface area contributed by atoms with Gasteiger partial charge in [0.2, 0.25) is 5.69 Å². The first-order valence-electron chi connectivity index (χ1n) is 7.25. The van der Waals surface area contributed by atoms with Crippen molar-refractivity contribution in [3.8, 4) is 6.07 Å². The van der Waals surface area contributed by atoms with E-state index in [0.29, 0.717) is 18.5 Å². The maximum Gasteiger partial charge on any atom is 0.418 e. The van der Waals surface area contributed by atoms with Gasteiger partial charge in [0, 0.05) is 18.5 Å². The molecule has 0 aliphatic carbocycles. The lowest BCUT2D eigenvalue weighted by Gasteiger charge is -2.08. The Morgan fingerprint density at radius 1 is 1.13 bits per heavy atom. The zero-order valence-electron chi connectivity index (χ0n) is 14.6. The molecule has 0 aromatic carbocycles. The van der Waals surface area contributed by atoms with E-state index in [0.717, 1.165) is 7.11 Å². The number of methoxy groups -OCH3 is 1. The highest BCUT2D eigenvalue weighted by Gasteiger charge is 2.34. The standard InChI is InChI=1S/C8H7F3N2O2.C7H2F3N3O2/c1-15-7(14)6-5(12)2-4(3-13-6)8(9,10)11;8-7(9,10)4-1-6(13(14)15)5(2-11)12-3-4/h2-3H,12H2,1H3;1,3H. The molecule has 0 fully saturated rings. The van der Waals surface area contributed by atoms with Crippen LogP contribution in [0.1, 0.15) is 27.3 Å². The molecule has 2 N–H and O–H groups in total. The van der Waals surface area contributed by atoms with Gasteiger partial charge in [0.1, 0.15) is 6.07 Å². The van der Waals surface area contributed by atoms with Crippen LogP contribution in [0.25, 0.3) is 0 Å². The Kier molecular flexibility index (Phi) is 7.24. The Labute approximate surface area is 162 Å². The first-order valence-corrected chi connectivity index (χ1v) is 7.25. The second kappa shape index (κ2) is 9.03. The van der Waals surface area contributed by atoms with Gasteiger partial charge in [-0.25, -0.2) is 14.8 Å². The fourth-order valence-electron chi connectivity index (χ4n) is 1.74. The Hall–Kier alpha value is -3.96. The highest BCUT2D eigenvalue weighted by atomic mass is 19.4. The van der Waals surface area contributed by atoms with Crippen LogP contribution in [0.3, 0.4) is 0 Å². The number of nitriles is 1. The first kappa shape index (κ1) is 24.1. The fourth-order valence-corrected chi connectivity index (χ4v) is 1.74. The number of halogens is 6. The molecule has 0 saturated heterocycles. The van der Waals surface area contributed by atoms with Crippen LogP contribution in [-0.4, -0.2) is 28.0 Å². The highest BCUT2D eigenvalue weighted by molar-refractivity contribution is 5.92. The molecule has 0 radical (unpaired) electrons. The van der Waals surface area contributed by atoms with Crippen LogP contribution < -0.4 is 5.73 Å². The summed E-state index contributed by atoms with van der Waals surface area (Å²) in [6.45, 7) is 0. The predicted octanol–water partition coefficient (Wildman–Crippen LogP) is 3.35. The van der Waals surface area contributed by atoms with Gasteiger partial charge in [-0.2, -0.15) is 31.6 Å². The zero-order chi connectivity index (χ0) is 23.3. The summed E-state index contributed by atoms with van der Waals surface area (Å²) in [4.78, 5) is 26.5. The molecule has 0 spiro atoms. The summed E-state index contributed by atoms with van der Waals surface area (Å²) in [5.74, 6) is -0.874. The number of hydrogen-bond acceptors (Lipinski definition) is 8. The lowest BCUT2D eigenvalue weighted by molar-refractivity contribution is -0.385. The van der Waals surface area contributed by atoms with E-state index < -0.39 is 45.8 Å². The van der Waals surface area contributed by atoms with Gasteiger partial charge in [-0.3, -0.25) is 10.1 Å². The van der Waals surface area contributed by atoms with Gasteiger partial charge in [0.05, 0.1) is 28.8 Å². The molecule has 0 saturated carbocycles. The van der Waals surface area contributed by atoms with Gasteiger partial charge in [0.15, 0.2) is 5.69 Å². The highest BCUT2D eigenvalue weighted by Crippen LogP contribution is 2.32. The molecule has 0 aliphatic rings. The number of alkyl halides is 6. The molecule has 9 nitrogen and oxygen atoms in total. The van der Waals surface area contributed by atoms with E-state index in [9.17, 15) is 41.3 Å². The van der Waals surface area contributed by atoms with E-state index in [2.05, 4.69) is 14.7 Å². The molecular formula is C15H9F6N5O4. The van der Waals surface area contributed by atoms with E-state index >= 15 is 0 Å². The van der Waals surface area contributed by atoms with Crippen LogP contribution >= 0.6 is 0 Å². The van der Waals surface area contributed by atoms with Gasteiger partial charge in [-0.15, -0.1) is 0 Å². The summed E-state index contributed by atoms with van der Waals surface area (Å²) >= 11 is 0. The molecule has 0 bridgehead atoms. The quantitative estimate of drug-likeness (QED) is 0.326.